The molecular formula is C9H5F3N2O2. The first-order valence-electron chi connectivity index (χ1n) is 4.29. The molecular weight excluding hydrogens is 225 g/mol. The summed E-state index contributed by atoms with van der Waals surface area (Å²) >= 11 is 0. The van der Waals surface area contributed by atoms with E-state index in [9.17, 15) is 18.0 Å². The van der Waals surface area contributed by atoms with Gasteiger partial charge < -0.3 is 4.52 Å². The summed E-state index contributed by atoms with van der Waals surface area (Å²) in [4.78, 5) is 14.2. The topological polar surface area (TPSA) is 56.0 Å². The second-order valence-corrected chi connectivity index (χ2v) is 3.09. The van der Waals surface area contributed by atoms with Crippen LogP contribution in [0.3, 0.4) is 0 Å². The standard InChI is InChI=1S/C9H5F3N2O2/c10-9(11,12)8-13-7(14-16-8)5-2-1-3-6(15)4-5/h1-2,4H,3H2. The fraction of sp³-hybridized carbons (Fsp3) is 0.222. The highest BCUT2D eigenvalue weighted by Crippen LogP contribution is 2.28. The van der Waals surface area contributed by atoms with Crippen LogP contribution < -0.4 is 0 Å². The molecule has 0 amide bonds. The van der Waals surface area contributed by atoms with E-state index in [0.717, 1.165) is 0 Å². The summed E-state index contributed by atoms with van der Waals surface area (Å²) in [5, 5.41) is 3.16. The van der Waals surface area contributed by atoms with E-state index in [1.807, 2.05) is 0 Å². The average Bonchev–Trinajstić information content (AvgIpc) is 2.65. The monoisotopic (exact) mass is 230 g/mol. The molecule has 4 nitrogen and oxygen atoms in total. The van der Waals surface area contributed by atoms with Crippen molar-refractivity contribution in [3.05, 3.63) is 29.9 Å². The smallest absolute Gasteiger partial charge is 0.329 e. The second kappa shape index (κ2) is 3.58. The Labute approximate surface area is 87.4 Å². The van der Waals surface area contributed by atoms with E-state index in [4.69, 9.17) is 0 Å². The van der Waals surface area contributed by atoms with Gasteiger partial charge in [-0.3, -0.25) is 4.79 Å². The molecule has 0 spiro atoms. The van der Waals surface area contributed by atoms with E-state index in [2.05, 4.69) is 14.7 Å². The summed E-state index contributed by atoms with van der Waals surface area (Å²) in [6, 6.07) is 0. The van der Waals surface area contributed by atoms with Crippen LogP contribution in [-0.4, -0.2) is 15.9 Å². The van der Waals surface area contributed by atoms with Gasteiger partial charge in [-0.2, -0.15) is 18.2 Å². The molecule has 1 heterocycles. The summed E-state index contributed by atoms with van der Waals surface area (Å²) < 4.78 is 40.5. The van der Waals surface area contributed by atoms with E-state index < -0.39 is 12.1 Å². The lowest BCUT2D eigenvalue weighted by atomic mass is 10.1. The van der Waals surface area contributed by atoms with Crippen molar-refractivity contribution in [3.63, 3.8) is 0 Å². The summed E-state index contributed by atoms with van der Waals surface area (Å²) in [6.07, 6.45) is -0.250. The van der Waals surface area contributed by atoms with Crippen molar-refractivity contribution in [2.45, 2.75) is 12.6 Å². The molecule has 0 unspecified atom stereocenters. The summed E-state index contributed by atoms with van der Waals surface area (Å²) in [6.45, 7) is 0. The molecule has 1 aromatic rings. The number of halogens is 3. The molecule has 0 saturated heterocycles. The zero-order valence-corrected chi connectivity index (χ0v) is 7.78. The molecule has 84 valence electrons. The number of allylic oxidation sites excluding steroid dienone is 4. The number of alkyl halides is 3. The predicted octanol–water partition coefficient (Wildman–Crippen LogP) is 2.00. The van der Waals surface area contributed by atoms with Crippen LogP contribution in [0, 0.1) is 0 Å². The van der Waals surface area contributed by atoms with Crippen LogP contribution in [0.1, 0.15) is 18.1 Å². The first-order chi connectivity index (χ1) is 7.47. The molecule has 0 bridgehead atoms. The molecule has 0 saturated carbocycles. The third-order valence-corrected chi connectivity index (χ3v) is 1.86. The molecule has 0 aromatic carbocycles. The molecule has 0 atom stereocenters. The molecule has 0 N–H and O–H groups in total. The lowest BCUT2D eigenvalue weighted by Crippen LogP contribution is -2.05. The van der Waals surface area contributed by atoms with E-state index in [1.54, 1.807) is 0 Å². The third kappa shape index (κ3) is 2.02. The number of aromatic nitrogens is 2. The van der Waals surface area contributed by atoms with E-state index in [-0.39, 0.29) is 23.6 Å². The molecule has 0 fully saturated rings. The molecule has 7 heteroatoms. The molecule has 2 rings (SSSR count). The number of hydrogen-bond donors (Lipinski definition) is 0. The van der Waals surface area contributed by atoms with Crippen molar-refractivity contribution in [2.24, 2.45) is 0 Å². The lowest BCUT2D eigenvalue weighted by Gasteiger charge is -2.00. The van der Waals surface area contributed by atoms with Gasteiger partial charge in [0.1, 0.15) is 0 Å². The van der Waals surface area contributed by atoms with Crippen LogP contribution >= 0.6 is 0 Å². The molecule has 1 aliphatic carbocycles. The van der Waals surface area contributed by atoms with Gasteiger partial charge in [0, 0.05) is 12.0 Å². The Balaban J connectivity index is 2.32. The lowest BCUT2D eigenvalue weighted by molar-refractivity contribution is -0.159. The van der Waals surface area contributed by atoms with E-state index in [0.29, 0.717) is 0 Å². The molecule has 1 aromatic heterocycles. The van der Waals surface area contributed by atoms with Crippen molar-refractivity contribution >= 4 is 11.4 Å². The van der Waals surface area contributed by atoms with Crippen molar-refractivity contribution < 1.29 is 22.5 Å². The molecule has 0 radical (unpaired) electrons. The van der Waals surface area contributed by atoms with Gasteiger partial charge in [-0.15, -0.1) is 0 Å². The highest BCUT2D eigenvalue weighted by atomic mass is 19.4. The minimum Gasteiger partial charge on any atom is -0.329 e. The maximum Gasteiger partial charge on any atom is 0.471 e. The highest BCUT2D eigenvalue weighted by Gasteiger charge is 2.38. The number of ketones is 1. The fourth-order valence-corrected chi connectivity index (χ4v) is 1.18. The van der Waals surface area contributed by atoms with Crippen molar-refractivity contribution in [2.75, 3.05) is 0 Å². The summed E-state index contributed by atoms with van der Waals surface area (Å²) in [5.74, 6) is -1.87. The van der Waals surface area contributed by atoms with Crippen LogP contribution in [0.15, 0.2) is 22.8 Å². The van der Waals surface area contributed by atoms with Crippen LogP contribution in [0.4, 0.5) is 13.2 Å². The van der Waals surface area contributed by atoms with Crippen molar-refractivity contribution in [1.29, 1.82) is 0 Å². The van der Waals surface area contributed by atoms with Gasteiger partial charge in [-0.1, -0.05) is 17.3 Å². The Morgan fingerprint density at radius 3 is 2.69 bits per heavy atom. The Morgan fingerprint density at radius 1 is 1.38 bits per heavy atom. The quantitative estimate of drug-likeness (QED) is 0.740. The Morgan fingerprint density at radius 2 is 2.12 bits per heavy atom. The van der Waals surface area contributed by atoms with Gasteiger partial charge in [0.2, 0.25) is 5.82 Å². The number of rotatable bonds is 1. The van der Waals surface area contributed by atoms with Crippen molar-refractivity contribution in [1.82, 2.24) is 10.1 Å². The van der Waals surface area contributed by atoms with Gasteiger partial charge in [0.15, 0.2) is 5.78 Å². The molecule has 0 aliphatic heterocycles. The normalized spacial score (nSPS) is 16.4. The summed E-state index contributed by atoms with van der Waals surface area (Å²) in [5.41, 5.74) is 0.218. The third-order valence-electron chi connectivity index (χ3n) is 1.86. The SMILES string of the molecule is O=C1C=C(c2noc(C(F)(F)F)n2)C=CC1. The Bertz CT molecular complexity index is 485. The van der Waals surface area contributed by atoms with E-state index >= 15 is 0 Å². The van der Waals surface area contributed by atoms with Gasteiger partial charge in [0.25, 0.3) is 0 Å². The maximum atomic E-state index is 12.1. The van der Waals surface area contributed by atoms with Crippen LogP contribution in [0.2, 0.25) is 0 Å². The molecule has 16 heavy (non-hydrogen) atoms. The highest BCUT2D eigenvalue weighted by molar-refractivity contribution is 6.00. The van der Waals surface area contributed by atoms with Gasteiger partial charge in [-0.25, -0.2) is 0 Å². The minimum absolute atomic E-state index is 0.212. The van der Waals surface area contributed by atoms with Crippen LogP contribution in [0.25, 0.3) is 5.57 Å². The van der Waals surface area contributed by atoms with Gasteiger partial charge in [0.05, 0.1) is 0 Å². The van der Waals surface area contributed by atoms with Crippen molar-refractivity contribution in [3.8, 4) is 0 Å². The van der Waals surface area contributed by atoms with Crippen LogP contribution in [0.5, 0.6) is 0 Å². The van der Waals surface area contributed by atoms with Crippen LogP contribution in [-0.2, 0) is 11.0 Å². The largest absolute Gasteiger partial charge is 0.471 e. The predicted molar refractivity (Wildman–Crippen MR) is 46.0 cm³/mol. The molecule has 1 aliphatic rings. The van der Waals surface area contributed by atoms with Gasteiger partial charge >= 0.3 is 12.1 Å². The first kappa shape index (κ1) is 10.6. The fourth-order valence-electron chi connectivity index (χ4n) is 1.18. The van der Waals surface area contributed by atoms with Gasteiger partial charge in [-0.05, 0) is 6.08 Å². The maximum absolute atomic E-state index is 12.1. The number of carbonyl (C=O) groups excluding carboxylic acids is 1. The Hall–Kier alpha value is -1.92. The van der Waals surface area contributed by atoms with E-state index in [1.165, 1.54) is 18.2 Å². The zero-order chi connectivity index (χ0) is 11.8. The summed E-state index contributed by atoms with van der Waals surface area (Å²) in [7, 11) is 0. The first-order valence-corrected chi connectivity index (χ1v) is 4.29. The minimum atomic E-state index is -4.67. The Kier molecular flexibility index (Phi) is 2.37. The second-order valence-electron chi connectivity index (χ2n) is 3.09. The number of carbonyl (C=O) groups is 1. The number of hydrogen-bond acceptors (Lipinski definition) is 4. The average molecular weight is 230 g/mol. The number of nitrogens with zero attached hydrogens (tertiary/aromatic N) is 2. The zero-order valence-electron chi connectivity index (χ0n) is 7.78.